The molecule has 0 spiro atoms. The van der Waals surface area contributed by atoms with E-state index in [1.54, 1.807) is 12.1 Å². The topological polar surface area (TPSA) is 75.5 Å². The summed E-state index contributed by atoms with van der Waals surface area (Å²) in [5.74, 6) is 0. The monoisotopic (exact) mass is 275 g/mol. The van der Waals surface area contributed by atoms with Crippen LogP contribution in [0.25, 0.3) is 11.1 Å². The number of hydrogen-bond donors (Lipinski definition) is 2. The maximum Gasteiger partial charge on any atom is 0.406 e. The summed E-state index contributed by atoms with van der Waals surface area (Å²) in [6.45, 7) is -1.89. The van der Waals surface area contributed by atoms with Gasteiger partial charge in [-0.2, -0.15) is 18.2 Å². The summed E-state index contributed by atoms with van der Waals surface area (Å²) in [6, 6.07) is 4.43. The Balaban J connectivity index is 2.33. The van der Waals surface area contributed by atoms with E-state index in [1.165, 1.54) is 6.07 Å². The van der Waals surface area contributed by atoms with Crippen LogP contribution in [0.5, 0.6) is 0 Å². The Kier molecular flexibility index (Phi) is 3.52. The number of fused-ring (bicyclic) bond motifs is 1. The van der Waals surface area contributed by atoms with Gasteiger partial charge >= 0.3 is 6.18 Å². The molecule has 1 heterocycles. The molecule has 3 N–H and O–H groups in total. The zero-order chi connectivity index (χ0) is 14.0. The Morgan fingerprint density at radius 3 is 2.74 bits per heavy atom. The number of aliphatic hydroxyl groups excluding tert-OH is 1. The molecule has 0 saturated carbocycles. The highest BCUT2D eigenvalue weighted by Gasteiger charge is 2.32. The number of aromatic nitrogens is 1. The van der Waals surface area contributed by atoms with E-state index in [0.29, 0.717) is 16.8 Å². The zero-order valence-electron chi connectivity index (χ0n) is 9.81. The summed E-state index contributed by atoms with van der Waals surface area (Å²) < 4.78 is 42.5. The van der Waals surface area contributed by atoms with Gasteiger partial charge in [-0.05, 0) is 12.1 Å². The molecule has 2 rings (SSSR count). The van der Waals surface area contributed by atoms with Crippen LogP contribution in [-0.4, -0.2) is 36.0 Å². The number of oxazole rings is 1. The first-order chi connectivity index (χ1) is 8.89. The van der Waals surface area contributed by atoms with Crippen molar-refractivity contribution in [3.05, 3.63) is 18.2 Å². The molecule has 0 aliphatic rings. The second-order valence-corrected chi connectivity index (χ2v) is 3.98. The second kappa shape index (κ2) is 4.96. The van der Waals surface area contributed by atoms with E-state index in [-0.39, 0.29) is 12.6 Å². The molecule has 5 nitrogen and oxygen atoms in total. The quantitative estimate of drug-likeness (QED) is 0.832. The lowest BCUT2D eigenvalue weighted by Gasteiger charge is -2.20. The highest BCUT2D eigenvalue weighted by atomic mass is 19.4. The predicted molar refractivity (Wildman–Crippen MR) is 63.8 cm³/mol. The van der Waals surface area contributed by atoms with Crippen molar-refractivity contribution < 1.29 is 22.7 Å². The number of anilines is 2. The normalized spacial score (nSPS) is 12.0. The first-order valence-corrected chi connectivity index (χ1v) is 5.47. The molecule has 0 atom stereocenters. The van der Waals surface area contributed by atoms with Crippen molar-refractivity contribution in [1.29, 1.82) is 0 Å². The fourth-order valence-corrected chi connectivity index (χ4v) is 1.64. The second-order valence-electron chi connectivity index (χ2n) is 3.98. The lowest BCUT2D eigenvalue weighted by atomic mass is 10.3. The molecular weight excluding hydrogens is 263 g/mol. The number of halogens is 3. The molecule has 2 aromatic rings. The third-order valence-electron chi connectivity index (χ3n) is 2.41. The molecule has 0 aliphatic carbocycles. The van der Waals surface area contributed by atoms with Gasteiger partial charge in [0.15, 0.2) is 5.58 Å². The molecule has 0 unspecified atom stereocenters. The van der Waals surface area contributed by atoms with Gasteiger partial charge in [0, 0.05) is 18.3 Å². The van der Waals surface area contributed by atoms with Gasteiger partial charge in [-0.15, -0.1) is 0 Å². The van der Waals surface area contributed by atoms with Crippen LogP contribution in [0.1, 0.15) is 0 Å². The Hall–Kier alpha value is -1.96. The first-order valence-electron chi connectivity index (χ1n) is 5.47. The number of hydrogen-bond acceptors (Lipinski definition) is 5. The third kappa shape index (κ3) is 3.28. The van der Waals surface area contributed by atoms with Gasteiger partial charge in [0.05, 0.1) is 6.61 Å². The summed E-state index contributed by atoms with van der Waals surface area (Å²) in [5, 5.41) is 8.82. The van der Waals surface area contributed by atoms with Crippen molar-refractivity contribution >= 4 is 22.8 Å². The van der Waals surface area contributed by atoms with E-state index in [0.717, 1.165) is 4.90 Å². The van der Waals surface area contributed by atoms with Crippen LogP contribution in [0.15, 0.2) is 22.6 Å². The van der Waals surface area contributed by atoms with E-state index < -0.39 is 19.3 Å². The molecule has 0 amide bonds. The fourth-order valence-electron chi connectivity index (χ4n) is 1.64. The Bertz CT molecular complexity index is 568. The minimum atomic E-state index is -4.41. The molecule has 8 heteroatoms. The van der Waals surface area contributed by atoms with Crippen molar-refractivity contribution in [1.82, 2.24) is 4.98 Å². The van der Waals surface area contributed by atoms with Crippen LogP contribution in [0.4, 0.5) is 24.9 Å². The Morgan fingerprint density at radius 1 is 1.37 bits per heavy atom. The van der Waals surface area contributed by atoms with Crippen LogP contribution in [0, 0.1) is 0 Å². The fraction of sp³-hybridized carbons (Fsp3) is 0.364. The molecule has 19 heavy (non-hydrogen) atoms. The van der Waals surface area contributed by atoms with Gasteiger partial charge in [0.25, 0.3) is 6.01 Å². The smallest absolute Gasteiger partial charge is 0.406 e. The summed E-state index contributed by atoms with van der Waals surface area (Å²) >= 11 is 0. The van der Waals surface area contributed by atoms with Gasteiger partial charge in [-0.3, -0.25) is 0 Å². The van der Waals surface area contributed by atoms with E-state index in [2.05, 4.69) is 4.98 Å². The summed E-state index contributed by atoms with van der Waals surface area (Å²) in [7, 11) is 0. The molecule has 104 valence electrons. The highest BCUT2D eigenvalue weighted by Crippen LogP contribution is 2.26. The van der Waals surface area contributed by atoms with Gasteiger partial charge in [0.2, 0.25) is 0 Å². The maximum atomic E-state index is 12.4. The summed E-state index contributed by atoms with van der Waals surface area (Å²) in [6.07, 6.45) is -4.41. The molecule has 0 fully saturated rings. The maximum absolute atomic E-state index is 12.4. The number of benzene rings is 1. The van der Waals surface area contributed by atoms with E-state index in [1.807, 2.05) is 0 Å². The van der Waals surface area contributed by atoms with Crippen molar-refractivity contribution in [2.75, 3.05) is 30.3 Å². The summed E-state index contributed by atoms with van der Waals surface area (Å²) in [4.78, 5) is 4.78. The highest BCUT2D eigenvalue weighted by molar-refractivity contribution is 5.78. The summed E-state index contributed by atoms with van der Waals surface area (Å²) in [5.41, 5.74) is 6.70. The lowest BCUT2D eigenvalue weighted by Crippen LogP contribution is -2.36. The number of nitrogen functional groups attached to an aromatic ring is 1. The average molecular weight is 275 g/mol. The molecule has 1 aromatic heterocycles. The van der Waals surface area contributed by atoms with Crippen LogP contribution in [0.3, 0.4) is 0 Å². The van der Waals surface area contributed by atoms with E-state index >= 15 is 0 Å². The molecular formula is C11H12F3N3O2. The van der Waals surface area contributed by atoms with Crippen molar-refractivity contribution in [3.8, 4) is 0 Å². The number of rotatable bonds is 4. The van der Waals surface area contributed by atoms with Gasteiger partial charge in [0.1, 0.15) is 12.1 Å². The minimum absolute atomic E-state index is 0.188. The predicted octanol–water partition coefficient (Wildman–Crippen LogP) is 1.77. The molecule has 1 aromatic carbocycles. The Morgan fingerprint density at radius 2 is 2.11 bits per heavy atom. The first kappa shape index (κ1) is 13.5. The van der Waals surface area contributed by atoms with Gasteiger partial charge in [-0.1, -0.05) is 0 Å². The number of nitrogens with two attached hydrogens (primary N) is 1. The SMILES string of the molecule is Nc1ccc2nc(N(CCO)CC(F)(F)F)oc2c1. The van der Waals surface area contributed by atoms with Crippen molar-refractivity contribution in [2.45, 2.75) is 6.18 Å². The number of alkyl halides is 3. The molecule has 0 bridgehead atoms. The van der Waals surface area contributed by atoms with Crippen LogP contribution in [-0.2, 0) is 0 Å². The average Bonchev–Trinajstić information content (AvgIpc) is 2.69. The molecule has 0 aliphatic heterocycles. The zero-order valence-corrected chi connectivity index (χ0v) is 9.81. The van der Waals surface area contributed by atoms with Crippen LogP contribution in [0.2, 0.25) is 0 Å². The number of aliphatic hydroxyl groups is 1. The van der Waals surface area contributed by atoms with Crippen LogP contribution >= 0.6 is 0 Å². The van der Waals surface area contributed by atoms with Crippen molar-refractivity contribution in [2.24, 2.45) is 0 Å². The molecule has 0 radical (unpaired) electrons. The Labute approximate surface area is 106 Å². The van der Waals surface area contributed by atoms with E-state index in [9.17, 15) is 13.2 Å². The standard InChI is InChI=1S/C11H12F3N3O2/c12-11(13,14)6-17(3-4-18)10-16-8-2-1-7(15)5-9(8)19-10/h1-2,5,18H,3-4,6,15H2. The van der Waals surface area contributed by atoms with Gasteiger partial charge in [-0.25, -0.2) is 0 Å². The molecule has 0 saturated heterocycles. The third-order valence-corrected chi connectivity index (χ3v) is 2.41. The minimum Gasteiger partial charge on any atom is -0.423 e. The largest absolute Gasteiger partial charge is 0.423 e. The lowest BCUT2D eigenvalue weighted by molar-refractivity contribution is -0.120. The van der Waals surface area contributed by atoms with Crippen LogP contribution < -0.4 is 10.6 Å². The van der Waals surface area contributed by atoms with Crippen molar-refractivity contribution in [3.63, 3.8) is 0 Å². The van der Waals surface area contributed by atoms with Gasteiger partial charge < -0.3 is 20.2 Å². The number of nitrogens with zero attached hydrogens (tertiary/aromatic N) is 2. The van der Waals surface area contributed by atoms with E-state index in [4.69, 9.17) is 15.3 Å².